The van der Waals surface area contributed by atoms with E-state index < -0.39 is 24.1 Å². The number of anilines is 1. The summed E-state index contributed by atoms with van der Waals surface area (Å²) in [5.74, 6) is -1.04. The summed E-state index contributed by atoms with van der Waals surface area (Å²) in [6.07, 6.45) is -1.58. The van der Waals surface area contributed by atoms with Crippen LogP contribution in [0.15, 0.2) is 96.4 Å². The van der Waals surface area contributed by atoms with Crippen LogP contribution in [0.4, 0.5) is 14.9 Å². The SMILES string of the molecule is O=C(Nc1cccc([C@@H]2OC(=O)N(Cc3ccc(F)cc3)[C@H]2C(=O)NCc2ccccc2)c1)c1cccs1. The van der Waals surface area contributed by atoms with Gasteiger partial charge in [0, 0.05) is 12.2 Å². The molecule has 5 rings (SSSR count). The van der Waals surface area contributed by atoms with Gasteiger partial charge < -0.3 is 15.4 Å². The molecule has 0 bridgehead atoms. The normalized spacial score (nSPS) is 16.7. The monoisotopic (exact) mass is 529 g/mol. The maximum absolute atomic E-state index is 13.5. The summed E-state index contributed by atoms with van der Waals surface area (Å²) in [5.41, 5.74) is 2.63. The highest BCUT2D eigenvalue weighted by Crippen LogP contribution is 2.35. The first-order valence-corrected chi connectivity index (χ1v) is 12.8. The minimum absolute atomic E-state index is 0.0633. The number of hydrogen-bond donors (Lipinski definition) is 2. The lowest BCUT2D eigenvalue weighted by atomic mass is 10.00. The molecule has 2 heterocycles. The van der Waals surface area contributed by atoms with Crippen molar-refractivity contribution in [2.75, 3.05) is 5.32 Å². The Balaban J connectivity index is 1.41. The Morgan fingerprint density at radius 3 is 2.45 bits per heavy atom. The van der Waals surface area contributed by atoms with Gasteiger partial charge in [0.2, 0.25) is 5.91 Å². The largest absolute Gasteiger partial charge is 0.438 e. The van der Waals surface area contributed by atoms with E-state index in [1.807, 2.05) is 35.7 Å². The first kappa shape index (κ1) is 25.2. The molecule has 3 amide bonds. The van der Waals surface area contributed by atoms with Crippen LogP contribution >= 0.6 is 11.3 Å². The maximum atomic E-state index is 13.5. The second-order valence-corrected chi connectivity index (χ2v) is 9.71. The van der Waals surface area contributed by atoms with Crippen LogP contribution in [0.5, 0.6) is 0 Å². The number of amides is 3. The number of carbonyl (C=O) groups is 3. The highest BCUT2D eigenvalue weighted by molar-refractivity contribution is 7.12. The van der Waals surface area contributed by atoms with Crippen molar-refractivity contribution in [2.24, 2.45) is 0 Å². The molecular weight excluding hydrogens is 505 g/mol. The van der Waals surface area contributed by atoms with Crippen molar-refractivity contribution in [2.45, 2.75) is 25.2 Å². The molecule has 4 aromatic rings. The molecule has 38 heavy (non-hydrogen) atoms. The van der Waals surface area contributed by atoms with Crippen molar-refractivity contribution >= 4 is 34.9 Å². The molecule has 1 aromatic heterocycles. The molecular formula is C29H24FN3O4S. The quantitative estimate of drug-likeness (QED) is 0.315. The third-order valence-corrected chi connectivity index (χ3v) is 7.02. The molecule has 0 radical (unpaired) electrons. The number of nitrogens with one attached hydrogen (secondary N) is 2. The molecule has 9 heteroatoms. The van der Waals surface area contributed by atoms with E-state index in [2.05, 4.69) is 10.6 Å². The van der Waals surface area contributed by atoms with E-state index in [1.54, 1.807) is 48.5 Å². The Hall–Kier alpha value is -4.50. The minimum Gasteiger partial charge on any atom is -0.438 e. The standard InChI is InChI=1S/C29H24FN3O4S/c30-22-13-11-20(12-14-22)18-33-25(28(35)31-17-19-6-2-1-3-7-19)26(37-29(33)36)21-8-4-9-23(16-21)32-27(34)24-10-5-15-38-24/h1-16,25-26H,17-18H2,(H,31,35)(H,32,34)/t25-,26+/m1/s1. The lowest BCUT2D eigenvalue weighted by molar-refractivity contribution is -0.126. The van der Waals surface area contributed by atoms with Crippen molar-refractivity contribution in [3.8, 4) is 0 Å². The summed E-state index contributed by atoms with van der Waals surface area (Å²) in [4.78, 5) is 41.0. The van der Waals surface area contributed by atoms with E-state index in [-0.39, 0.29) is 24.9 Å². The Bertz CT molecular complexity index is 1430. The summed E-state index contributed by atoms with van der Waals surface area (Å²) in [6, 6.07) is 24.6. The van der Waals surface area contributed by atoms with Gasteiger partial charge in [0.15, 0.2) is 12.1 Å². The number of nitrogens with zero attached hydrogens (tertiary/aromatic N) is 1. The number of ether oxygens (including phenoxy) is 1. The zero-order valence-electron chi connectivity index (χ0n) is 20.2. The zero-order chi connectivity index (χ0) is 26.5. The first-order chi connectivity index (χ1) is 18.5. The van der Waals surface area contributed by atoms with E-state index in [0.29, 0.717) is 21.7 Å². The van der Waals surface area contributed by atoms with Gasteiger partial charge in [-0.25, -0.2) is 9.18 Å². The fourth-order valence-electron chi connectivity index (χ4n) is 4.28. The molecule has 2 N–H and O–H groups in total. The Labute approximate surface area is 222 Å². The zero-order valence-corrected chi connectivity index (χ0v) is 21.0. The van der Waals surface area contributed by atoms with Crippen LogP contribution in [-0.2, 0) is 22.6 Å². The van der Waals surface area contributed by atoms with Crippen molar-refractivity contribution < 1.29 is 23.5 Å². The number of halogens is 1. The molecule has 1 fully saturated rings. The van der Waals surface area contributed by atoms with Gasteiger partial charge in [0.25, 0.3) is 5.91 Å². The van der Waals surface area contributed by atoms with Crippen LogP contribution in [0.1, 0.15) is 32.5 Å². The van der Waals surface area contributed by atoms with Crippen molar-refractivity contribution in [3.63, 3.8) is 0 Å². The molecule has 1 aliphatic rings. The lowest BCUT2D eigenvalue weighted by Gasteiger charge is -2.24. The summed E-state index contributed by atoms with van der Waals surface area (Å²) in [7, 11) is 0. The molecule has 0 aliphatic carbocycles. The van der Waals surface area contributed by atoms with Crippen LogP contribution in [0.25, 0.3) is 0 Å². The molecule has 3 aromatic carbocycles. The van der Waals surface area contributed by atoms with Gasteiger partial charge in [-0.3, -0.25) is 14.5 Å². The van der Waals surface area contributed by atoms with Gasteiger partial charge in [-0.15, -0.1) is 11.3 Å². The highest BCUT2D eigenvalue weighted by atomic mass is 32.1. The predicted molar refractivity (Wildman–Crippen MR) is 142 cm³/mol. The number of thiophene rings is 1. The number of rotatable bonds is 8. The van der Waals surface area contributed by atoms with Crippen molar-refractivity contribution in [1.29, 1.82) is 0 Å². The second-order valence-electron chi connectivity index (χ2n) is 8.76. The predicted octanol–water partition coefficient (Wildman–Crippen LogP) is 5.52. The summed E-state index contributed by atoms with van der Waals surface area (Å²) >= 11 is 1.33. The van der Waals surface area contributed by atoms with Crippen LogP contribution in [0, 0.1) is 5.82 Å². The number of benzene rings is 3. The van der Waals surface area contributed by atoms with Gasteiger partial charge in [-0.05, 0) is 52.4 Å². The topological polar surface area (TPSA) is 87.7 Å². The van der Waals surface area contributed by atoms with Gasteiger partial charge in [0.1, 0.15) is 5.82 Å². The van der Waals surface area contributed by atoms with Crippen LogP contribution in [-0.4, -0.2) is 28.8 Å². The Kier molecular flexibility index (Phi) is 7.46. The smallest absolute Gasteiger partial charge is 0.411 e. The van der Waals surface area contributed by atoms with Gasteiger partial charge in [-0.2, -0.15) is 0 Å². The molecule has 192 valence electrons. The molecule has 2 atom stereocenters. The summed E-state index contributed by atoms with van der Waals surface area (Å²) in [6.45, 7) is 0.340. The average Bonchev–Trinajstić information content (AvgIpc) is 3.58. The van der Waals surface area contributed by atoms with E-state index in [4.69, 9.17) is 4.74 Å². The number of carbonyl (C=O) groups excluding carboxylic acids is 3. The molecule has 0 unspecified atom stereocenters. The fraction of sp³-hybridized carbons (Fsp3) is 0.138. The average molecular weight is 530 g/mol. The van der Waals surface area contributed by atoms with E-state index in [0.717, 1.165) is 5.56 Å². The molecule has 7 nitrogen and oxygen atoms in total. The molecule has 0 saturated carbocycles. The van der Waals surface area contributed by atoms with Crippen molar-refractivity contribution in [3.05, 3.63) is 124 Å². The lowest BCUT2D eigenvalue weighted by Crippen LogP contribution is -2.46. The number of hydrogen-bond acceptors (Lipinski definition) is 5. The molecule has 1 aliphatic heterocycles. The molecule has 0 spiro atoms. The second kappa shape index (κ2) is 11.3. The van der Waals surface area contributed by atoms with E-state index in [9.17, 15) is 18.8 Å². The van der Waals surface area contributed by atoms with Gasteiger partial charge >= 0.3 is 6.09 Å². The summed E-state index contributed by atoms with van der Waals surface area (Å²) in [5, 5.41) is 7.58. The number of cyclic esters (lactones) is 1. The maximum Gasteiger partial charge on any atom is 0.411 e. The van der Waals surface area contributed by atoms with Crippen molar-refractivity contribution in [1.82, 2.24) is 10.2 Å². The van der Waals surface area contributed by atoms with Gasteiger partial charge in [-0.1, -0.05) is 60.7 Å². The third kappa shape index (κ3) is 5.73. The van der Waals surface area contributed by atoms with E-state index in [1.165, 1.54) is 28.4 Å². The third-order valence-electron chi connectivity index (χ3n) is 6.15. The van der Waals surface area contributed by atoms with Crippen LogP contribution < -0.4 is 10.6 Å². The minimum atomic E-state index is -0.987. The molecule has 1 saturated heterocycles. The van der Waals surface area contributed by atoms with Crippen LogP contribution in [0.2, 0.25) is 0 Å². The first-order valence-electron chi connectivity index (χ1n) is 12.0. The fourth-order valence-corrected chi connectivity index (χ4v) is 4.90. The Morgan fingerprint density at radius 2 is 1.71 bits per heavy atom. The van der Waals surface area contributed by atoms with Gasteiger partial charge in [0.05, 0.1) is 11.4 Å². The highest BCUT2D eigenvalue weighted by Gasteiger charge is 2.47. The van der Waals surface area contributed by atoms with Crippen LogP contribution in [0.3, 0.4) is 0 Å². The summed E-state index contributed by atoms with van der Waals surface area (Å²) < 4.78 is 19.2. The Morgan fingerprint density at radius 1 is 0.921 bits per heavy atom. The van der Waals surface area contributed by atoms with E-state index >= 15 is 0 Å².